The summed E-state index contributed by atoms with van der Waals surface area (Å²) >= 11 is 6.04. The Morgan fingerprint density at radius 3 is 2.75 bits per heavy atom. The minimum absolute atomic E-state index is 0.200. The zero-order valence-electron chi connectivity index (χ0n) is 17.8. The maximum atomic E-state index is 11.3. The number of fused-ring (bicyclic) bond motifs is 1. The van der Waals surface area contributed by atoms with E-state index in [4.69, 9.17) is 16.3 Å². The van der Waals surface area contributed by atoms with E-state index in [-0.39, 0.29) is 11.6 Å². The van der Waals surface area contributed by atoms with E-state index in [9.17, 15) is 15.0 Å². The Bertz CT molecular complexity index is 1130. The maximum absolute atomic E-state index is 11.3. The smallest absolute Gasteiger partial charge is 0.335 e. The molecule has 0 amide bonds. The number of carboxylic acids is 1. The van der Waals surface area contributed by atoms with E-state index in [1.807, 2.05) is 12.1 Å². The maximum Gasteiger partial charge on any atom is 0.335 e. The molecule has 1 aliphatic carbocycles. The molecule has 3 aromatic carbocycles. The Kier molecular flexibility index (Phi) is 6.80. The van der Waals surface area contributed by atoms with Crippen molar-refractivity contribution < 1.29 is 19.7 Å². The van der Waals surface area contributed by atoms with E-state index in [2.05, 4.69) is 23.5 Å². The molecule has 0 heterocycles. The van der Waals surface area contributed by atoms with Gasteiger partial charge in [-0.05, 0) is 71.8 Å². The lowest BCUT2D eigenvalue weighted by Crippen LogP contribution is -2.37. The number of hydrogen-bond donors (Lipinski definition) is 3. The van der Waals surface area contributed by atoms with E-state index < -0.39 is 12.1 Å². The number of aryl methyl sites for hydroxylation is 1. The average molecular weight is 452 g/mol. The summed E-state index contributed by atoms with van der Waals surface area (Å²) in [5.41, 5.74) is 5.45. The minimum atomic E-state index is -0.978. The van der Waals surface area contributed by atoms with Gasteiger partial charge < -0.3 is 20.3 Å². The molecule has 0 unspecified atom stereocenters. The number of methoxy groups -OCH3 is 1. The lowest BCUT2D eigenvalue weighted by atomic mass is 9.86. The zero-order valence-corrected chi connectivity index (χ0v) is 18.6. The van der Waals surface area contributed by atoms with Crippen molar-refractivity contribution in [3.63, 3.8) is 0 Å². The van der Waals surface area contributed by atoms with E-state index in [1.54, 1.807) is 37.4 Å². The molecule has 4 rings (SSSR count). The standard InChI is InChI=1S/C26H26ClNO4/c1-32-25-14-19(26(30)31)8-10-23(25)17-6-5-16-7-9-22(13-20(16)11-17)28-15-24(29)18-3-2-4-21(27)12-18/h2-6,8,10-12,14,22,24,28-29H,7,9,13,15H2,1H3,(H,30,31)/t22-,24-/m0/s1. The van der Waals surface area contributed by atoms with E-state index in [0.29, 0.717) is 17.3 Å². The van der Waals surface area contributed by atoms with Crippen LogP contribution in [0.5, 0.6) is 5.75 Å². The molecule has 0 aliphatic heterocycles. The summed E-state index contributed by atoms with van der Waals surface area (Å²) < 4.78 is 5.46. The van der Waals surface area contributed by atoms with Crippen LogP contribution in [0.3, 0.4) is 0 Å². The van der Waals surface area contributed by atoms with Crippen molar-refractivity contribution in [3.8, 4) is 16.9 Å². The fraction of sp³-hybridized carbons (Fsp3) is 0.269. The zero-order chi connectivity index (χ0) is 22.7. The van der Waals surface area contributed by atoms with Gasteiger partial charge in [0.25, 0.3) is 0 Å². The van der Waals surface area contributed by atoms with Crippen LogP contribution >= 0.6 is 11.6 Å². The summed E-state index contributed by atoms with van der Waals surface area (Å²) in [6.07, 6.45) is 2.22. The third-order valence-electron chi connectivity index (χ3n) is 6.03. The Morgan fingerprint density at radius 2 is 2.00 bits per heavy atom. The van der Waals surface area contributed by atoms with Gasteiger partial charge in [0.15, 0.2) is 0 Å². The van der Waals surface area contributed by atoms with Crippen molar-refractivity contribution in [2.45, 2.75) is 31.4 Å². The molecule has 3 aromatic rings. The van der Waals surface area contributed by atoms with Crippen LogP contribution in [0.15, 0.2) is 60.7 Å². The van der Waals surface area contributed by atoms with Crippen molar-refractivity contribution in [1.29, 1.82) is 0 Å². The number of hydrogen-bond acceptors (Lipinski definition) is 4. The number of aliphatic hydroxyl groups is 1. The first-order chi connectivity index (χ1) is 15.4. The number of nitrogens with one attached hydrogen (secondary N) is 1. The van der Waals surface area contributed by atoms with Gasteiger partial charge in [0.2, 0.25) is 0 Å². The first kappa shape index (κ1) is 22.3. The molecule has 0 fully saturated rings. The Labute approximate surface area is 192 Å². The third kappa shape index (κ3) is 4.96. The molecule has 0 saturated heterocycles. The largest absolute Gasteiger partial charge is 0.496 e. The molecule has 0 spiro atoms. The molecule has 0 saturated carbocycles. The molecule has 32 heavy (non-hydrogen) atoms. The van der Waals surface area contributed by atoms with Crippen molar-refractivity contribution in [3.05, 3.63) is 87.9 Å². The summed E-state index contributed by atoms with van der Waals surface area (Å²) in [4.78, 5) is 11.3. The van der Waals surface area contributed by atoms with Crippen molar-refractivity contribution in [2.24, 2.45) is 0 Å². The minimum Gasteiger partial charge on any atom is -0.496 e. The fourth-order valence-electron chi connectivity index (χ4n) is 4.27. The highest BCUT2D eigenvalue weighted by atomic mass is 35.5. The number of aliphatic hydroxyl groups excluding tert-OH is 1. The second-order valence-corrected chi connectivity index (χ2v) is 8.56. The Hall–Kier alpha value is -2.86. The highest BCUT2D eigenvalue weighted by Gasteiger charge is 2.21. The molecule has 0 bridgehead atoms. The number of ether oxygens (including phenoxy) is 1. The van der Waals surface area contributed by atoms with Crippen LogP contribution in [0.4, 0.5) is 0 Å². The first-order valence-electron chi connectivity index (χ1n) is 10.6. The highest BCUT2D eigenvalue weighted by molar-refractivity contribution is 6.30. The lowest BCUT2D eigenvalue weighted by Gasteiger charge is -2.27. The number of benzene rings is 3. The molecular formula is C26H26ClNO4. The van der Waals surface area contributed by atoms with E-state index >= 15 is 0 Å². The van der Waals surface area contributed by atoms with Crippen LogP contribution in [0.25, 0.3) is 11.1 Å². The average Bonchev–Trinajstić information content (AvgIpc) is 2.81. The van der Waals surface area contributed by atoms with Crippen molar-refractivity contribution in [1.82, 2.24) is 5.32 Å². The highest BCUT2D eigenvalue weighted by Crippen LogP contribution is 2.34. The lowest BCUT2D eigenvalue weighted by molar-refractivity contribution is 0.0696. The summed E-state index contributed by atoms with van der Waals surface area (Å²) in [5, 5.41) is 23.9. The van der Waals surface area contributed by atoms with Crippen molar-refractivity contribution >= 4 is 17.6 Å². The van der Waals surface area contributed by atoms with Gasteiger partial charge in [0.1, 0.15) is 5.75 Å². The monoisotopic (exact) mass is 451 g/mol. The molecular weight excluding hydrogens is 426 g/mol. The topological polar surface area (TPSA) is 78.8 Å². The van der Waals surface area contributed by atoms with Gasteiger partial charge in [-0.15, -0.1) is 0 Å². The summed E-state index contributed by atoms with van der Waals surface area (Å²) in [7, 11) is 1.55. The van der Waals surface area contributed by atoms with E-state index in [0.717, 1.165) is 36.0 Å². The number of carbonyl (C=O) groups is 1. The fourth-order valence-corrected chi connectivity index (χ4v) is 4.47. The molecule has 1 aliphatic rings. The second kappa shape index (κ2) is 9.74. The van der Waals surface area contributed by atoms with Gasteiger partial charge in [-0.25, -0.2) is 4.79 Å². The molecule has 0 aromatic heterocycles. The van der Waals surface area contributed by atoms with Crippen molar-refractivity contribution in [2.75, 3.05) is 13.7 Å². The van der Waals surface area contributed by atoms with Crippen LogP contribution < -0.4 is 10.1 Å². The molecule has 5 nitrogen and oxygen atoms in total. The SMILES string of the molecule is COc1cc(C(=O)O)ccc1-c1ccc2c(c1)C[C@@H](NC[C@H](O)c1cccc(Cl)c1)CC2. The van der Waals surface area contributed by atoms with Gasteiger partial charge in [0.05, 0.1) is 18.8 Å². The number of carboxylic acid groups (broad SMARTS) is 1. The van der Waals surface area contributed by atoms with Crippen LogP contribution in [0, 0.1) is 0 Å². The second-order valence-electron chi connectivity index (χ2n) is 8.12. The number of halogens is 1. The van der Waals surface area contributed by atoms with Gasteiger partial charge in [-0.1, -0.05) is 41.9 Å². The normalized spacial score (nSPS) is 16.3. The van der Waals surface area contributed by atoms with Crippen LogP contribution in [0.1, 0.15) is 39.6 Å². The Morgan fingerprint density at radius 1 is 1.16 bits per heavy atom. The van der Waals surface area contributed by atoms with Gasteiger partial charge in [0, 0.05) is 23.2 Å². The van der Waals surface area contributed by atoms with Crippen LogP contribution in [0.2, 0.25) is 5.02 Å². The summed E-state index contributed by atoms with van der Waals surface area (Å²) in [6, 6.07) is 18.9. The first-order valence-corrected chi connectivity index (χ1v) is 11.0. The van der Waals surface area contributed by atoms with Crippen LogP contribution in [-0.4, -0.2) is 35.9 Å². The predicted octanol–water partition coefficient (Wildman–Crippen LogP) is 4.89. The van der Waals surface area contributed by atoms with Gasteiger partial charge in [-0.2, -0.15) is 0 Å². The summed E-state index contributed by atoms with van der Waals surface area (Å²) in [6.45, 7) is 0.463. The molecule has 0 radical (unpaired) electrons. The molecule has 2 atom stereocenters. The van der Waals surface area contributed by atoms with Crippen LogP contribution in [-0.2, 0) is 12.8 Å². The summed E-state index contributed by atoms with van der Waals surface area (Å²) in [5.74, 6) is -0.436. The Balaban J connectivity index is 1.48. The molecule has 166 valence electrons. The molecule has 3 N–H and O–H groups in total. The number of aromatic carboxylic acids is 1. The van der Waals surface area contributed by atoms with Gasteiger partial charge in [-0.3, -0.25) is 0 Å². The third-order valence-corrected chi connectivity index (χ3v) is 6.26. The van der Waals surface area contributed by atoms with Gasteiger partial charge >= 0.3 is 5.97 Å². The predicted molar refractivity (Wildman–Crippen MR) is 126 cm³/mol. The molecule has 6 heteroatoms. The number of rotatable bonds is 7. The quantitative estimate of drug-likeness (QED) is 0.476. The van der Waals surface area contributed by atoms with E-state index in [1.165, 1.54) is 11.1 Å².